The van der Waals surface area contributed by atoms with E-state index in [1.807, 2.05) is 0 Å². The summed E-state index contributed by atoms with van der Waals surface area (Å²) in [5.41, 5.74) is 0. The van der Waals surface area contributed by atoms with Crippen molar-refractivity contribution in [3.8, 4) is 0 Å². The van der Waals surface area contributed by atoms with Gasteiger partial charge in [0.15, 0.2) is 0 Å². The second-order valence-electron chi connectivity index (χ2n) is 1.30. The van der Waals surface area contributed by atoms with E-state index in [-0.39, 0.29) is 0 Å². The Balaban J connectivity index is 3.25. The van der Waals surface area contributed by atoms with Crippen molar-refractivity contribution in [2.24, 2.45) is 0 Å². The molecule has 0 heterocycles. The highest BCUT2D eigenvalue weighted by atomic mass is 19.1. The highest BCUT2D eigenvalue weighted by Crippen LogP contribution is 1.88. The van der Waals surface area contributed by atoms with Crippen molar-refractivity contribution in [3.63, 3.8) is 0 Å². The van der Waals surface area contributed by atoms with Crippen molar-refractivity contribution in [2.45, 2.75) is 13.1 Å². The lowest BCUT2D eigenvalue weighted by molar-refractivity contribution is 0.430. The highest BCUT2D eigenvalue weighted by Gasteiger charge is 1.82. The van der Waals surface area contributed by atoms with Gasteiger partial charge in [0.25, 0.3) is 0 Å². The third kappa shape index (κ3) is 5.41. The van der Waals surface area contributed by atoms with Crippen LogP contribution in [0, 0.1) is 0 Å². The average molecular weight is 100 g/mol. The molecule has 0 saturated carbocycles. The summed E-state index contributed by atoms with van der Waals surface area (Å²) in [6.45, 7) is 4.85. The van der Waals surface area contributed by atoms with Crippen LogP contribution in [0.2, 0.25) is 0 Å². The molecule has 7 heavy (non-hydrogen) atoms. The van der Waals surface area contributed by atoms with Gasteiger partial charge in [0.2, 0.25) is 0 Å². The van der Waals surface area contributed by atoms with Crippen LogP contribution in [0.15, 0.2) is 24.8 Å². The minimum absolute atomic E-state index is 0.849. The first-order chi connectivity index (χ1) is 3.27. The lowest BCUT2D eigenvalue weighted by atomic mass is 10.4. The maximum Gasteiger partial charge on any atom is 0.116 e. The van der Waals surface area contributed by atoms with Crippen LogP contribution in [0.5, 0.6) is 0 Å². The van der Waals surface area contributed by atoms with Crippen molar-refractivity contribution in [2.75, 3.05) is 0 Å². The largest absolute Gasteiger partial charge is 0.243 e. The Hall–Kier alpha value is -0.590. The van der Waals surface area contributed by atoms with Crippen LogP contribution in [0.4, 0.5) is 4.39 Å². The number of hydrogen-bond donors (Lipinski definition) is 0. The molecule has 0 aromatic heterocycles. The van der Waals surface area contributed by atoms with Crippen molar-refractivity contribution in [1.82, 2.24) is 0 Å². The van der Waals surface area contributed by atoms with E-state index in [9.17, 15) is 4.39 Å². The Labute approximate surface area is 43.4 Å². The molecule has 0 aromatic rings. The Morgan fingerprint density at radius 1 is 1.71 bits per heavy atom. The quantitative estimate of drug-likeness (QED) is 0.466. The molecule has 0 nitrogen and oxygen atoms in total. The topological polar surface area (TPSA) is 0 Å². The minimum Gasteiger partial charge on any atom is -0.243 e. The third-order valence-corrected chi connectivity index (χ3v) is 0.512. The summed E-state index contributed by atoms with van der Waals surface area (Å²) in [6, 6.07) is 0. The van der Waals surface area contributed by atoms with Crippen LogP contribution >= 0.6 is 0 Å². The summed E-state index contributed by atoms with van der Waals surface area (Å²) in [6.07, 6.45) is 3.73. The predicted octanol–water partition coefficient (Wildman–Crippen LogP) is 2.09. The maximum atomic E-state index is 11.8. The molecular formula is C6H9F. The van der Waals surface area contributed by atoms with Crippen molar-refractivity contribution >= 4 is 0 Å². The highest BCUT2D eigenvalue weighted by molar-refractivity contribution is 4.99. The molecular weight excluding hydrogens is 91.1 g/mol. The molecule has 1 atom stereocenters. The van der Waals surface area contributed by atoms with Gasteiger partial charge in [-0.15, -0.1) is 0 Å². The number of rotatable bonds is 2. The van der Waals surface area contributed by atoms with Gasteiger partial charge in [-0.3, -0.25) is 0 Å². The second-order valence-corrected chi connectivity index (χ2v) is 1.30. The zero-order chi connectivity index (χ0) is 5.70. The van der Waals surface area contributed by atoms with E-state index < -0.39 is 6.17 Å². The summed E-state index contributed by atoms with van der Waals surface area (Å²) in [4.78, 5) is 0. The van der Waals surface area contributed by atoms with Crippen LogP contribution in [0.3, 0.4) is 0 Å². The van der Waals surface area contributed by atoms with Gasteiger partial charge in [-0.2, -0.15) is 0 Å². The molecule has 0 spiro atoms. The van der Waals surface area contributed by atoms with Crippen LogP contribution < -0.4 is 0 Å². The van der Waals surface area contributed by atoms with Gasteiger partial charge >= 0.3 is 0 Å². The summed E-state index contributed by atoms with van der Waals surface area (Å²) in [5.74, 6) is 0. The van der Waals surface area contributed by atoms with Gasteiger partial charge in [-0.25, -0.2) is 4.39 Å². The Kier molecular flexibility index (Phi) is 3.29. The van der Waals surface area contributed by atoms with E-state index in [2.05, 4.69) is 6.58 Å². The molecule has 0 fully saturated rings. The summed E-state index contributed by atoms with van der Waals surface area (Å²) < 4.78 is 11.8. The molecule has 0 saturated heterocycles. The fourth-order valence-electron chi connectivity index (χ4n) is 0.232. The van der Waals surface area contributed by atoms with Crippen LogP contribution in [-0.2, 0) is 0 Å². The molecule has 0 bridgehead atoms. The average Bonchev–Trinajstić information content (AvgIpc) is 1.61. The summed E-state index contributed by atoms with van der Waals surface area (Å²) in [5, 5.41) is 0. The number of alkyl halides is 1. The van der Waals surface area contributed by atoms with Gasteiger partial charge in [0.1, 0.15) is 6.17 Å². The van der Waals surface area contributed by atoms with E-state index in [4.69, 9.17) is 0 Å². The molecule has 0 N–H and O–H groups in total. The van der Waals surface area contributed by atoms with Crippen molar-refractivity contribution in [3.05, 3.63) is 24.8 Å². The Morgan fingerprint density at radius 3 is 2.43 bits per heavy atom. The van der Waals surface area contributed by atoms with Crippen LogP contribution in [-0.4, -0.2) is 6.17 Å². The first-order valence-corrected chi connectivity index (χ1v) is 2.20. The van der Waals surface area contributed by atoms with Gasteiger partial charge in [0.05, 0.1) is 0 Å². The fraction of sp³-hybridized carbons (Fsp3) is 0.333. The lowest BCUT2D eigenvalue weighted by Crippen LogP contribution is -1.80. The van der Waals surface area contributed by atoms with E-state index in [0.717, 1.165) is 0 Å². The lowest BCUT2D eigenvalue weighted by Gasteiger charge is -1.83. The van der Waals surface area contributed by atoms with Gasteiger partial charge in [-0.1, -0.05) is 24.8 Å². The number of halogens is 1. The van der Waals surface area contributed by atoms with E-state index in [1.54, 1.807) is 12.2 Å². The van der Waals surface area contributed by atoms with Gasteiger partial charge in [0, 0.05) is 0 Å². The van der Waals surface area contributed by atoms with Gasteiger partial charge < -0.3 is 0 Å². The van der Waals surface area contributed by atoms with E-state index in [1.165, 1.54) is 13.0 Å². The molecule has 0 aliphatic rings. The van der Waals surface area contributed by atoms with Crippen molar-refractivity contribution < 1.29 is 4.39 Å². The van der Waals surface area contributed by atoms with Crippen LogP contribution in [0.25, 0.3) is 0 Å². The monoisotopic (exact) mass is 100 g/mol. The molecule has 0 radical (unpaired) electrons. The molecule has 0 aliphatic carbocycles. The Bertz CT molecular complexity index is 72.2. The summed E-state index contributed by atoms with van der Waals surface area (Å²) in [7, 11) is 0. The molecule has 0 aliphatic heterocycles. The smallest absolute Gasteiger partial charge is 0.116 e. The van der Waals surface area contributed by atoms with Crippen molar-refractivity contribution in [1.29, 1.82) is 0 Å². The molecule has 0 aromatic carbocycles. The van der Waals surface area contributed by atoms with Gasteiger partial charge in [-0.05, 0) is 6.92 Å². The molecule has 1 unspecified atom stereocenters. The molecule has 1 heteroatoms. The Morgan fingerprint density at radius 2 is 2.29 bits per heavy atom. The second kappa shape index (κ2) is 3.59. The number of hydrogen-bond acceptors (Lipinski definition) is 0. The predicted molar refractivity (Wildman–Crippen MR) is 29.9 cm³/mol. The first kappa shape index (κ1) is 6.41. The van der Waals surface area contributed by atoms with Crippen LogP contribution in [0.1, 0.15) is 6.92 Å². The molecule has 40 valence electrons. The number of allylic oxidation sites excluding steroid dienone is 3. The fourth-order valence-corrected chi connectivity index (χ4v) is 0.232. The third-order valence-electron chi connectivity index (χ3n) is 0.512. The zero-order valence-electron chi connectivity index (χ0n) is 4.39. The molecule has 0 rings (SSSR count). The standard InChI is InChI=1S/C6H9F/c1-3-4-5-6(2)7/h3-6H,1H2,2H3/b5-4-. The normalized spacial score (nSPS) is 14.6. The first-order valence-electron chi connectivity index (χ1n) is 2.20. The zero-order valence-corrected chi connectivity index (χ0v) is 4.39. The summed E-state index contributed by atoms with van der Waals surface area (Å²) >= 11 is 0. The van der Waals surface area contributed by atoms with E-state index in [0.29, 0.717) is 0 Å². The molecule has 0 amide bonds. The minimum atomic E-state index is -0.849. The SMILES string of the molecule is C=C/C=C\C(C)F. The maximum absolute atomic E-state index is 11.8. The van der Waals surface area contributed by atoms with E-state index >= 15 is 0 Å².